The minimum Gasteiger partial charge on any atom is -0.354 e. The van der Waals surface area contributed by atoms with E-state index in [1.807, 2.05) is 14.0 Å². The summed E-state index contributed by atoms with van der Waals surface area (Å²) in [7, 11) is 1.91. The monoisotopic (exact) mass is 368 g/mol. The van der Waals surface area contributed by atoms with E-state index in [0.29, 0.717) is 12.6 Å². The topological polar surface area (TPSA) is 57.3 Å². The molecular formula is C14H26Cl2N4OS. The van der Waals surface area contributed by atoms with Gasteiger partial charge in [-0.1, -0.05) is 0 Å². The molecule has 1 aliphatic heterocycles. The number of rotatable bonds is 5. The summed E-state index contributed by atoms with van der Waals surface area (Å²) in [6, 6.07) is 0.317. The van der Waals surface area contributed by atoms with Gasteiger partial charge in [0.15, 0.2) is 5.13 Å². The Morgan fingerprint density at radius 3 is 2.59 bits per heavy atom. The summed E-state index contributed by atoms with van der Waals surface area (Å²) in [6.45, 7) is 6.62. The number of thiazole rings is 1. The number of nitrogens with one attached hydrogen (secondary N) is 2. The predicted molar refractivity (Wildman–Crippen MR) is 97.8 cm³/mol. The van der Waals surface area contributed by atoms with Crippen molar-refractivity contribution in [2.75, 3.05) is 31.6 Å². The Balaban J connectivity index is 0.00000220. The molecule has 1 fully saturated rings. The number of anilines is 1. The van der Waals surface area contributed by atoms with Crippen LogP contribution in [0.5, 0.6) is 0 Å². The minimum atomic E-state index is 0. The Morgan fingerprint density at radius 2 is 2.09 bits per heavy atom. The molecule has 0 radical (unpaired) electrons. The molecule has 1 atom stereocenters. The van der Waals surface area contributed by atoms with Gasteiger partial charge in [0.1, 0.15) is 0 Å². The van der Waals surface area contributed by atoms with Gasteiger partial charge in [-0.25, -0.2) is 4.98 Å². The first kappa shape index (κ1) is 21.4. The van der Waals surface area contributed by atoms with Gasteiger partial charge in [0.2, 0.25) is 5.91 Å². The van der Waals surface area contributed by atoms with Crippen LogP contribution in [-0.2, 0) is 4.79 Å². The van der Waals surface area contributed by atoms with Gasteiger partial charge in [0.25, 0.3) is 0 Å². The zero-order valence-corrected chi connectivity index (χ0v) is 15.7. The van der Waals surface area contributed by atoms with E-state index >= 15 is 0 Å². The van der Waals surface area contributed by atoms with Gasteiger partial charge in [-0.05, 0) is 33.7 Å². The fourth-order valence-electron chi connectivity index (χ4n) is 2.32. The molecule has 2 rings (SSSR count). The van der Waals surface area contributed by atoms with Crippen LogP contribution < -0.4 is 15.5 Å². The highest BCUT2D eigenvalue weighted by Crippen LogP contribution is 2.26. The smallest absolute Gasteiger partial charge is 0.223 e. The molecule has 128 valence electrons. The van der Waals surface area contributed by atoms with Crippen molar-refractivity contribution in [1.29, 1.82) is 0 Å². The summed E-state index contributed by atoms with van der Waals surface area (Å²) in [6.07, 6.45) is 1.83. The molecule has 1 aromatic heterocycles. The Kier molecular flexibility index (Phi) is 10.00. The van der Waals surface area contributed by atoms with Gasteiger partial charge in [0.05, 0.1) is 5.69 Å². The molecule has 5 nitrogen and oxygen atoms in total. The number of carbonyl (C=O) groups excluding carboxylic acids is 1. The van der Waals surface area contributed by atoms with Crippen molar-refractivity contribution >= 4 is 47.2 Å². The molecule has 0 bridgehead atoms. The van der Waals surface area contributed by atoms with Gasteiger partial charge in [-0.3, -0.25) is 4.79 Å². The van der Waals surface area contributed by atoms with Crippen LogP contribution in [0, 0.1) is 12.8 Å². The summed E-state index contributed by atoms with van der Waals surface area (Å²) < 4.78 is 0. The summed E-state index contributed by atoms with van der Waals surface area (Å²) in [5.41, 5.74) is 1.07. The first-order valence-electron chi connectivity index (χ1n) is 7.22. The second kappa shape index (κ2) is 10.3. The van der Waals surface area contributed by atoms with Gasteiger partial charge in [-0.15, -0.1) is 36.2 Å². The van der Waals surface area contributed by atoms with Crippen molar-refractivity contribution in [1.82, 2.24) is 15.6 Å². The van der Waals surface area contributed by atoms with Crippen molar-refractivity contribution in [2.45, 2.75) is 32.7 Å². The average molecular weight is 369 g/mol. The van der Waals surface area contributed by atoms with Crippen molar-refractivity contribution < 1.29 is 4.79 Å². The highest BCUT2D eigenvalue weighted by molar-refractivity contribution is 7.13. The number of likely N-dealkylation sites (N-methyl/N-ethyl adjacent to an activating group) is 1. The molecule has 1 saturated heterocycles. The van der Waals surface area contributed by atoms with E-state index in [1.165, 1.54) is 0 Å². The number of nitrogens with zero attached hydrogens (tertiary/aromatic N) is 2. The molecule has 22 heavy (non-hydrogen) atoms. The first-order valence-corrected chi connectivity index (χ1v) is 8.10. The molecule has 2 heterocycles. The van der Waals surface area contributed by atoms with Crippen LogP contribution in [0.2, 0.25) is 0 Å². The molecule has 8 heteroatoms. The molecule has 0 aromatic carbocycles. The SMILES string of the molecule is CNC(C)CNC(=O)C1CCN(c2nc(C)cs2)CC1.Cl.Cl. The van der Waals surface area contributed by atoms with E-state index in [0.717, 1.165) is 36.8 Å². The Bertz CT molecular complexity index is 450. The standard InChI is InChI=1S/C14H24N4OS.2ClH/c1-10(15-3)8-16-13(19)12-4-6-18(7-5-12)14-17-11(2)9-20-14;;/h9-10,12,15H,4-8H2,1-3H3,(H,16,19);2*1H. The van der Waals surface area contributed by atoms with Crippen molar-refractivity contribution in [3.63, 3.8) is 0 Å². The fraction of sp³-hybridized carbons (Fsp3) is 0.714. The van der Waals surface area contributed by atoms with Gasteiger partial charge in [0, 0.05) is 37.0 Å². The van der Waals surface area contributed by atoms with Gasteiger partial charge in [-0.2, -0.15) is 0 Å². The lowest BCUT2D eigenvalue weighted by molar-refractivity contribution is -0.125. The number of amides is 1. The van der Waals surface area contributed by atoms with Crippen LogP contribution in [0.1, 0.15) is 25.5 Å². The lowest BCUT2D eigenvalue weighted by atomic mass is 9.96. The molecule has 1 unspecified atom stereocenters. The van der Waals surface area contributed by atoms with E-state index in [-0.39, 0.29) is 36.6 Å². The Hall–Kier alpha value is -0.560. The van der Waals surface area contributed by atoms with E-state index in [2.05, 4.69) is 32.8 Å². The summed E-state index contributed by atoms with van der Waals surface area (Å²) in [4.78, 5) is 18.9. The van der Waals surface area contributed by atoms with E-state index in [4.69, 9.17) is 0 Å². The third-order valence-corrected chi connectivity index (χ3v) is 4.84. The van der Waals surface area contributed by atoms with Crippen LogP contribution in [0.3, 0.4) is 0 Å². The minimum absolute atomic E-state index is 0. The molecule has 0 saturated carbocycles. The summed E-state index contributed by atoms with van der Waals surface area (Å²) >= 11 is 1.69. The molecule has 0 spiro atoms. The largest absolute Gasteiger partial charge is 0.354 e. The maximum absolute atomic E-state index is 12.1. The summed E-state index contributed by atoms with van der Waals surface area (Å²) in [5, 5.41) is 9.32. The normalized spacial score (nSPS) is 16.4. The van der Waals surface area contributed by atoms with E-state index < -0.39 is 0 Å². The average Bonchev–Trinajstić information content (AvgIpc) is 2.91. The third kappa shape index (κ3) is 5.91. The first-order chi connectivity index (χ1) is 9.60. The lowest BCUT2D eigenvalue weighted by Gasteiger charge is -2.31. The van der Waals surface area contributed by atoms with Crippen LogP contribution in [0.25, 0.3) is 0 Å². The molecule has 0 aliphatic carbocycles. The number of hydrogen-bond acceptors (Lipinski definition) is 5. The quantitative estimate of drug-likeness (QED) is 0.836. The van der Waals surface area contributed by atoms with Crippen molar-refractivity contribution in [3.8, 4) is 0 Å². The van der Waals surface area contributed by atoms with Crippen molar-refractivity contribution in [3.05, 3.63) is 11.1 Å². The Morgan fingerprint density at radius 1 is 1.45 bits per heavy atom. The number of carbonyl (C=O) groups is 1. The number of piperidine rings is 1. The lowest BCUT2D eigenvalue weighted by Crippen LogP contribution is -2.44. The van der Waals surface area contributed by atoms with Crippen LogP contribution in [0.15, 0.2) is 5.38 Å². The number of aryl methyl sites for hydroxylation is 1. The second-order valence-corrected chi connectivity index (χ2v) is 6.30. The van der Waals surface area contributed by atoms with Crippen LogP contribution >= 0.6 is 36.2 Å². The Labute approximate surface area is 149 Å². The van der Waals surface area contributed by atoms with E-state index in [9.17, 15) is 4.79 Å². The number of hydrogen-bond donors (Lipinski definition) is 2. The maximum atomic E-state index is 12.1. The number of halogens is 2. The second-order valence-electron chi connectivity index (χ2n) is 5.47. The van der Waals surface area contributed by atoms with Gasteiger partial charge >= 0.3 is 0 Å². The zero-order chi connectivity index (χ0) is 14.5. The zero-order valence-electron chi connectivity index (χ0n) is 13.3. The third-order valence-electron chi connectivity index (χ3n) is 3.82. The molecule has 1 aliphatic rings. The van der Waals surface area contributed by atoms with Crippen LogP contribution in [-0.4, -0.2) is 43.6 Å². The van der Waals surface area contributed by atoms with Crippen LogP contribution in [0.4, 0.5) is 5.13 Å². The highest BCUT2D eigenvalue weighted by atomic mass is 35.5. The molecule has 2 N–H and O–H groups in total. The predicted octanol–water partition coefficient (Wildman–Crippen LogP) is 2.24. The maximum Gasteiger partial charge on any atom is 0.223 e. The number of aromatic nitrogens is 1. The molecule has 1 aromatic rings. The highest BCUT2D eigenvalue weighted by Gasteiger charge is 2.26. The summed E-state index contributed by atoms with van der Waals surface area (Å²) in [5.74, 6) is 0.346. The molecule has 1 amide bonds. The van der Waals surface area contributed by atoms with Crippen molar-refractivity contribution in [2.24, 2.45) is 5.92 Å². The van der Waals surface area contributed by atoms with E-state index in [1.54, 1.807) is 11.3 Å². The molecular weight excluding hydrogens is 343 g/mol. The fourth-order valence-corrected chi connectivity index (χ4v) is 3.18. The van der Waals surface area contributed by atoms with Gasteiger partial charge < -0.3 is 15.5 Å².